The Kier molecular flexibility index (Phi) is 3.89. The number of benzene rings is 2. The van der Waals surface area contributed by atoms with Crippen LogP contribution >= 0.6 is 0 Å². The van der Waals surface area contributed by atoms with Crippen LogP contribution in [0.2, 0.25) is 0 Å². The molecule has 0 saturated heterocycles. The average Bonchev–Trinajstić information content (AvgIpc) is 2.87. The van der Waals surface area contributed by atoms with E-state index < -0.39 is 11.7 Å². The van der Waals surface area contributed by atoms with Gasteiger partial charge in [-0.3, -0.25) is 9.59 Å². The minimum Gasteiger partial charge on any atom is -0.496 e. The molecule has 5 nitrogen and oxygen atoms in total. The second-order valence-electron chi connectivity index (χ2n) is 5.00. The maximum Gasteiger partial charge on any atom is 0.275 e. The summed E-state index contributed by atoms with van der Waals surface area (Å²) in [7, 11) is 1.46. The molecule has 2 aromatic carbocycles. The maximum absolute atomic E-state index is 13.4. The van der Waals surface area contributed by atoms with E-state index >= 15 is 0 Å². The third-order valence-electron chi connectivity index (χ3n) is 3.56. The molecule has 0 radical (unpaired) electrons. The van der Waals surface area contributed by atoms with Gasteiger partial charge < -0.3 is 4.74 Å². The fourth-order valence-corrected chi connectivity index (χ4v) is 2.45. The number of halogens is 1. The summed E-state index contributed by atoms with van der Waals surface area (Å²) >= 11 is 0. The van der Waals surface area contributed by atoms with Gasteiger partial charge >= 0.3 is 0 Å². The summed E-state index contributed by atoms with van der Waals surface area (Å²) < 4.78 is 18.5. The first-order valence-electron chi connectivity index (χ1n) is 6.93. The molecule has 0 spiro atoms. The quantitative estimate of drug-likeness (QED) is 0.883. The first-order valence-corrected chi connectivity index (χ1v) is 6.93. The molecule has 0 fully saturated rings. The van der Waals surface area contributed by atoms with E-state index in [4.69, 9.17) is 4.74 Å². The van der Waals surface area contributed by atoms with E-state index in [0.29, 0.717) is 22.4 Å². The van der Waals surface area contributed by atoms with Gasteiger partial charge in [-0.1, -0.05) is 18.2 Å². The topological polar surface area (TPSA) is 67.8 Å². The molecular formula is C17H13FN2O3. The lowest BCUT2D eigenvalue weighted by molar-refractivity contribution is -0.112. The standard InChI is InChI=1S/C17H13FN2O3/c1-23-15-5-3-2-4-12(15)17(22)20-19-16-13-9-11(18)7-6-10(13)8-14(16)21/h2-7,9H,8H2,1H3,(H,20,22)/b19-16+. The highest BCUT2D eigenvalue weighted by Gasteiger charge is 2.27. The highest BCUT2D eigenvalue weighted by Crippen LogP contribution is 2.21. The monoisotopic (exact) mass is 312 g/mol. The van der Waals surface area contributed by atoms with Crippen LogP contribution < -0.4 is 10.2 Å². The molecule has 1 N–H and O–H groups in total. The highest BCUT2D eigenvalue weighted by atomic mass is 19.1. The second kappa shape index (κ2) is 6.00. The lowest BCUT2D eigenvalue weighted by atomic mass is 10.1. The average molecular weight is 312 g/mol. The van der Waals surface area contributed by atoms with Crippen molar-refractivity contribution in [2.75, 3.05) is 7.11 Å². The van der Waals surface area contributed by atoms with Crippen LogP contribution in [0.15, 0.2) is 47.6 Å². The molecule has 1 aliphatic rings. The number of amides is 1. The number of ether oxygens (including phenoxy) is 1. The van der Waals surface area contributed by atoms with Crippen LogP contribution in [-0.4, -0.2) is 24.5 Å². The Morgan fingerprint density at radius 3 is 2.83 bits per heavy atom. The predicted molar refractivity (Wildman–Crippen MR) is 82.1 cm³/mol. The van der Waals surface area contributed by atoms with Crippen molar-refractivity contribution in [3.8, 4) is 5.75 Å². The number of fused-ring (bicyclic) bond motifs is 1. The fourth-order valence-electron chi connectivity index (χ4n) is 2.45. The number of carbonyl (C=O) groups is 2. The largest absolute Gasteiger partial charge is 0.496 e. The van der Waals surface area contributed by atoms with Gasteiger partial charge in [-0.25, -0.2) is 9.82 Å². The Hall–Kier alpha value is -3.02. The summed E-state index contributed by atoms with van der Waals surface area (Å²) in [5, 5.41) is 3.88. The number of hydrazone groups is 1. The van der Waals surface area contributed by atoms with E-state index in [-0.39, 0.29) is 17.9 Å². The predicted octanol–water partition coefficient (Wildman–Crippen LogP) is 2.09. The number of para-hydroxylation sites is 1. The van der Waals surface area contributed by atoms with Crippen LogP contribution in [0.5, 0.6) is 5.75 Å². The first kappa shape index (κ1) is 14.9. The summed E-state index contributed by atoms with van der Waals surface area (Å²) in [6.07, 6.45) is 0.152. The Morgan fingerprint density at radius 2 is 2.04 bits per heavy atom. The van der Waals surface area contributed by atoms with E-state index in [1.54, 1.807) is 30.3 Å². The van der Waals surface area contributed by atoms with Crippen molar-refractivity contribution in [3.05, 3.63) is 65.0 Å². The lowest BCUT2D eigenvalue weighted by Gasteiger charge is -2.06. The molecule has 0 atom stereocenters. The van der Waals surface area contributed by atoms with Crippen LogP contribution in [-0.2, 0) is 11.2 Å². The number of hydrogen-bond acceptors (Lipinski definition) is 4. The molecular weight excluding hydrogens is 299 g/mol. The molecule has 0 bridgehead atoms. The number of ketones is 1. The van der Waals surface area contributed by atoms with Crippen LogP contribution in [0.3, 0.4) is 0 Å². The molecule has 1 aliphatic carbocycles. The van der Waals surface area contributed by atoms with Crippen molar-refractivity contribution in [1.29, 1.82) is 0 Å². The third kappa shape index (κ3) is 2.83. The van der Waals surface area contributed by atoms with Crippen molar-refractivity contribution < 1.29 is 18.7 Å². The zero-order valence-corrected chi connectivity index (χ0v) is 12.3. The lowest BCUT2D eigenvalue weighted by Crippen LogP contribution is -2.22. The van der Waals surface area contributed by atoms with E-state index in [2.05, 4.69) is 10.5 Å². The summed E-state index contributed by atoms with van der Waals surface area (Å²) in [6.45, 7) is 0. The van der Waals surface area contributed by atoms with Gasteiger partial charge in [0.05, 0.1) is 12.7 Å². The molecule has 0 heterocycles. The Bertz CT molecular complexity index is 830. The summed E-state index contributed by atoms with van der Waals surface area (Å²) in [5.41, 5.74) is 3.79. The smallest absolute Gasteiger partial charge is 0.275 e. The number of Topliss-reactive ketones (excluding diaryl/α,β-unsaturated/α-hetero) is 1. The van der Waals surface area contributed by atoms with Crippen LogP contribution in [0.4, 0.5) is 4.39 Å². The van der Waals surface area contributed by atoms with E-state index in [1.807, 2.05) is 0 Å². The molecule has 0 unspecified atom stereocenters. The molecule has 0 aromatic heterocycles. The maximum atomic E-state index is 13.4. The van der Waals surface area contributed by atoms with Gasteiger partial charge in [-0.2, -0.15) is 5.10 Å². The van der Waals surface area contributed by atoms with Crippen LogP contribution in [0.1, 0.15) is 21.5 Å². The second-order valence-corrected chi connectivity index (χ2v) is 5.00. The molecule has 1 amide bonds. The molecule has 6 heteroatoms. The van der Waals surface area contributed by atoms with Gasteiger partial charge in [-0.05, 0) is 29.8 Å². The molecule has 116 valence electrons. The Labute approximate surface area is 131 Å². The molecule has 3 rings (SSSR count). The Balaban J connectivity index is 1.87. The van der Waals surface area contributed by atoms with Crippen molar-refractivity contribution in [2.45, 2.75) is 6.42 Å². The SMILES string of the molecule is COc1ccccc1C(=O)N/N=C1/C(=O)Cc2ccc(F)cc21. The van der Waals surface area contributed by atoms with Gasteiger partial charge in [-0.15, -0.1) is 0 Å². The van der Waals surface area contributed by atoms with Crippen molar-refractivity contribution in [3.63, 3.8) is 0 Å². The first-order chi connectivity index (χ1) is 11.1. The molecule has 0 saturated carbocycles. The van der Waals surface area contributed by atoms with Gasteiger partial charge in [0.2, 0.25) is 0 Å². The van der Waals surface area contributed by atoms with Crippen molar-refractivity contribution >= 4 is 17.4 Å². The van der Waals surface area contributed by atoms with E-state index in [0.717, 1.165) is 0 Å². The van der Waals surface area contributed by atoms with Crippen molar-refractivity contribution in [2.24, 2.45) is 5.10 Å². The summed E-state index contributed by atoms with van der Waals surface area (Å²) in [4.78, 5) is 24.2. The van der Waals surface area contributed by atoms with Crippen LogP contribution in [0, 0.1) is 5.82 Å². The zero-order chi connectivity index (χ0) is 16.4. The number of hydrogen-bond donors (Lipinski definition) is 1. The zero-order valence-electron chi connectivity index (χ0n) is 12.3. The normalized spacial score (nSPS) is 14.7. The van der Waals surface area contributed by atoms with Gasteiger partial charge in [0, 0.05) is 12.0 Å². The molecule has 0 aliphatic heterocycles. The summed E-state index contributed by atoms with van der Waals surface area (Å²) in [6, 6.07) is 10.7. The molecule has 23 heavy (non-hydrogen) atoms. The number of nitrogens with one attached hydrogen (secondary N) is 1. The minimum absolute atomic E-state index is 0.0581. The number of rotatable bonds is 3. The van der Waals surface area contributed by atoms with Gasteiger partial charge in [0.15, 0.2) is 5.78 Å². The van der Waals surface area contributed by atoms with Gasteiger partial charge in [0.1, 0.15) is 17.3 Å². The fraction of sp³-hybridized carbons (Fsp3) is 0.118. The van der Waals surface area contributed by atoms with E-state index in [9.17, 15) is 14.0 Å². The number of methoxy groups -OCH3 is 1. The summed E-state index contributed by atoms with van der Waals surface area (Å²) in [5.74, 6) is -0.824. The van der Waals surface area contributed by atoms with Gasteiger partial charge in [0.25, 0.3) is 5.91 Å². The number of carbonyl (C=O) groups excluding carboxylic acids is 2. The third-order valence-corrected chi connectivity index (χ3v) is 3.56. The Morgan fingerprint density at radius 1 is 1.26 bits per heavy atom. The van der Waals surface area contributed by atoms with Crippen molar-refractivity contribution in [1.82, 2.24) is 5.43 Å². The minimum atomic E-state index is -0.507. The van der Waals surface area contributed by atoms with Crippen LogP contribution in [0.25, 0.3) is 0 Å². The number of nitrogens with zero attached hydrogens (tertiary/aromatic N) is 1. The highest BCUT2D eigenvalue weighted by molar-refractivity contribution is 6.49. The molecule has 2 aromatic rings. The van der Waals surface area contributed by atoms with E-state index in [1.165, 1.54) is 19.2 Å².